The zero-order valence-electron chi connectivity index (χ0n) is 12.3. The van der Waals surface area contributed by atoms with E-state index in [0.717, 1.165) is 0 Å². The summed E-state index contributed by atoms with van der Waals surface area (Å²) in [4.78, 5) is 11.8. The van der Waals surface area contributed by atoms with E-state index >= 15 is 0 Å². The van der Waals surface area contributed by atoms with E-state index in [2.05, 4.69) is 10.6 Å². The van der Waals surface area contributed by atoms with Crippen LogP contribution in [0.2, 0.25) is 10.0 Å². The highest BCUT2D eigenvalue weighted by Crippen LogP contribution is 2.31. The van der Waals surface area contributed by atoms with Gasteiger partial charge < -0.3 is 25.2 Å². The summed E-state index contributed by atoms with van der Waals surface area (Å²) in [5, 5.41) is 16.2. The first-order chi connectivity index (χ1) is 10.6. The first-order valence-corrected chi connectivity index (χ1v) is 7.67. The average Bonchev–Trinajstić information content (AvgIpc) is 2.54. The van der Waals surface area contributed by atoms with E-state index in [0.29, 0.717) is 35.6 Å². The highest BCUT2D eigenvalue weighted by Gasteiger charge is 2.21. The van der Waals surface area contributed by atoms with Crippen LogP contribution < -0.4 is 15.4 Å². The molecule has 0 radical (unpaired) electrons. The zero-order valence-corrected chi connectivity index (χ0v) is 14.6. The molecule has 0 spiro atoms. The van der Waals surface area contributed by atoms with Gasteiger partial charge in [0.1, 0.15) is 29.5 Å². The Hall–Kier alpha value is -0.760. The molecule has 1 heterocycles. The van der Waals surface area contributed by atoms with Gasteiger partial charge in [-0.15, -0.1) is 12.4 Å². The quantitative estimate of drug-likeness (QED) is 0.687. The normalized spacial score (nSPS) is 18.7. The first kappa shape index (κ1) is 20.3. The van der Waals surface area contributed by atoms with Crippen molar-refractivity contribution in [3.8, 4) is 5.75 Å². The summed E-state index contributed by atoms with van der Waals surface area (Å²) in [5.74, 6) is 0.182. The van der Waals surface area contributed by atoms with Crippen LogP contribution in [0, 0.1) is 0 Å². The number of benzene rings is 1. The summed E-state index contributed by atoms with van der Waals surface area (Å²) in [6, 6.07) is 4.62. The second kappa shape index (κ2) is 10.2. The Bertz CT molecular complexity index is 513. The van der Waals surface area contributed by atoms with Crippen LogP contribution in [0.5, 0.6) is 5.75 Å². The number of aliphatic hydroxyl groups is 1. The van der Waals surface area contributed by atoms with Crippen LogP contribution in [-0.2, 0) is 9.53 Å². The Morgan fingerprint density at radius 1 is 1.52 bits per heavy atom. The lowest BCUT2D eigenvalue weighted by Crippen LogP contribution is -2.52. The Morgan fingerprint density at radius 2 is 2.30 bits per heavy atom. The van der Waals surface area contributed by atoms with Crippen LogP contribution in [-0.4, -0.2) is 56.1 Å². The highest BCUT2D eigenvalue weighted by atomic mass is 35.5. The lowest BCUT2D eigenvalue weighted by molar-refractivity contribution is -0.126. The highest BCUT2D eigenvalue weighted by molar-refractivity contribution is 6.42. The summed E-state index contributed by atoms with van der Waals surface area (Å²) in [5.41, 5.74) is 0. The number of aliphatic hydroxyl groups excluding tert-OH is 1. The molecule has 6 nitrogen and oxygen atoms in total. The largest absolute Gasteiger partial charge is 0.489 e. The molecular weight excluding hydrogens is 367 g/mol. The minimum Gasteiger partial charge on any atom is -0.489 e. The van der Waals surface area contributed by atoms with Gasteiger partial charge >= 0.3 is 0 Å². The monoisotopic (exact) mass is 384 g/mol. The van der Waals surface area contributed by atoms with Gasteiger partial charge in [-0.3, -0.25) is 4.79 Å². The molecule has 2 rings (SSSR count). The number of hydrogen-bond donors (Lipinski definition) is 3. The molecule has 1 amide bonds. The molecule has 2 atom stereocenters. The van der Waals surface area contributed by atoms with Crippen molar-refractivity contribution in [2.45, 2.75) is 12.1 Å². The Balaban J connectivity index is 0.00000264. The van der Waals surface area contributed by atoms with Crippen molar-refractivity contribution in [2.75, 3.05) is 32.9 Å². The molecule has 2 unspecified atom stereocenters. The number of ether oxygens (including phenoxy) is 2. The molecule has 0 aromatic heterocycles. The fourth-order valence-corrected chi connectivity index (χ4v) is 2.26. The van der Waals surface area contributed by atoms with E-state index in [1.165, 1.54) is 0 Å². The number of carbonyl (C=O) groups is 1. The summed E-state index contributed by atoms with van der Waals surface area (Å²) in [6.45, 7) is 1.64. The number of amides is 1. The van der Waals surface area contributed by atoms with Crippen molar-refractivity contribution < 1.29 is 19.4 Å². The Morgan fingerprint density at radius 3 is 3.00 bits per heavy atom. The fourth-order valence-electron chi connectivity index (χ4n) is 1.92. The predicted octanol–water partition coefficient (Wildman–Crippen LogP) is 1.26. The van der Waals surface area contributed by atoms with Crippen molar-refractivity contribution in [3.63, 3.8) is 0 Å². The van der Waals surface area contributed by atoms with E-state index in [-0.39, 0.29) is 37.5 Å². The van der Waals surface area contributed by atoms with E-state index in [1.807, 2.05) is 0 Å². The minimum atomic E-state index is -0.858. The summed E-state index contributed by atoms with van der Waals surface area (Å²) in [6.07, 6.45) is -0.858. The van der Waals surface area contributed by atoms with Gasteiger partial charge in [0.15, 0.2) is 0 Å². The second-order valence-corrected chi connectivity index (χ2v) is 5.63. The SMILES string of the molecule is Cl.O=C(NCC(O)COc1cccc(Cl)c1Cl)C1COCCN1. The molecule has 1 saturated heterocycles. The average molecular weight is 386 g/mol. The molecule has 1 aliphatic rings. The minimum absolute atomic E-state index is 0. The van der Waals surface area contributed by atoms with Crippen molar-refractivity contribution >= 4 is 41.5 Å². The van der Waals surface area contributed by atoms with Gasteiger partial charge in [-0.2, -0.15) is 0 Å². The van der Waals surface area contributed by atoms with Crippen molar-refractivity contribution in [1.82, 2.24) is 10.6 Å². The van der Waals surface area contributed by atoms with Crippen LogP contribution in [0.3, 0.4) is 0 Å². The number of nitrogens with one attached hydrogen (secondary N) is 2. The summed E-state index contributed by atoms with van der Waals surface area (Å²) >= 11 is 11.8. The molecule has 0 aliphatic carbocycles. The third kappa shape index (κ3) is 6.33. The van der Waals surface area contributed by atoms with Gasteiger partial charge in [0, 0.05) is 13.1 Å². The van der Waals surface area contributed by atoms with Crippen molar-refractivity contribution in [2.24, 2.45) is 0 Å². The van der Waals surface area contributed by atoms with Gasteiger partial charge in [0.25, 0.3) is 0 Å². The Labute approximate surface area is 150 Å². The predicted molar refractivity (Wildman–Crippen MR) is 90.8 cm³/mol. The maximum atomic E-state index is 11.8. The summed E-state index contributed by atoms with van der Waals surface area (Å²) in [7, 11) is 0. The maximum Gasteiger partial charge on any atom is 0.239 e. The number of rotatable bonds is 6. The van der Waals surface area contributed by atoms with E-state index in [4.69, 9.17) is 32.7 Å². The fraction of sp³-hybridized carbons (Fsp3) is 0.500. The van der Waals surface area contributed by atoms with Gasteiger partial charge in [0.05, 0.1) is 18.2 Å². The molecule has 23 heavy (non-hydrogen) atoms. The van der Waals surface area contributed by atoms with Gasteiger partial charge in [-0.05, 0) is 12.1 Å². The van der Waals surface area contributed by atoms with Crippen LogP contribution in [0.1, 0.15) is 0 Å². The Kier molecular flexibility index (Phi) is 8.98. The molecule has 1 aromatic carbocycles. The smallest absolute Gasteiger partial charge is 0.239 e. The molecule has 1 aliphatic heterocycles. The van der Waals surface area contributed by atoms with Crippen LogP contribution >= 0.6 is 35.6 Å². The van der Waals surface area contributed by atoms with Gasteiger partial charge in [-0.25, -0.2) is 0 Å². The number of carbonyl (C=O) groups excluding carboxylic acids is 1. The third-order valence-electron chi connectivity index (χ3n) is 3.10. The molecule has 0 bridgehead atoms. The molecule has 1 fully saturated rings. The molecule has 130 valence electrons. The number of halogens is 3. The number of hydrogen-bond acceptors (Lipinski definition) is 5. The van der Waals surface area contributed by atoms with Gasteiger partial charge in [-0.1, -0.05) is 29.3 Å². The van der Waals surface area contributed by atoms with Crippen LogP contribution in [0.4, 0.5) is 0 Å². The molecule has 1 aromatic rings. The second-order valence-electron chi connectivity index (χ2n) is 4.84. The molecule has 0 saturated carbocycles. The van der Waals surface area contributed by atoms with E-state index < -0.39 is 6.10 Å². The molecular formula is C14H19Cl3N2O4. The number of morpholine rings is 1. The molecule has 9 heteroatoms. The van der Waals surface area contributed by atoms with E-state index in [1.54, 1.807) is 18.2 Å². The maximum absolute atomic E-state index is 11.8. The lowest BCUT2D eigenvalue weighted by atomic mass is 10.2. The first-order valence-electron chi connectivity index (χ1n) is 6.91. The lowest BCUT2D eigenvalue weighted by Gasteiger charge is -2.23. The van der Waals surface area contributed by atoms with E-state index in [9.17, 15) is 9.90 Å². The van der Waals surface area contributed by atoms with Crippen molar-refractivity contribution in [1.29, 1.82) is 0 Å². The van der Waals surface area contributed by atoms with Crippen LogP contribution in [0.15, 0.2) is 18.2 Å². The van der Waals surface area contributed by atoms with Crippen molar-refractivity contribution in [3.05, 3.63) is 28.2 Å². The topological polar surface area (TPSA) is 79.8 Å². The zero-order chi connectivity index (χ0) is 15.9. The standard InChI is InChI=1S/C14H18Cl2N2O4.ClH/c15-10-2-1-3-12(13(10)16)22-7-9(19)6-18-14(20)11-8-21-5-4-17-11;/h1-3,9,11,17,19H,4-8H2,(H,18,20);1H. The summed E-state index contributed by atoms with van der Waals surface area (Å²) < 4.78 is 10.6. The van der Waals surface area contributed by atoms with Crippen LogP contribution in [0.25, 0.3) is 0 Å². The third-order valence-corrected chi connectivity index (χ3v) is 3.90. The van der Waals surface area contributed by atoms with Gasteiger partial charge in [0.2, 0.25) is 5.91 Å². The molecule has 3 N–H and O–H groups in total.